The highest BCUT2D eigenvalue weighted by molar-refractivity contribution is 5.72. The van der Waals surface area contributed by atoms with Crippen LogP contribution in [-0.2, 0) is 11.3 Å². The fourth-order valence-corrected chi connectivity index (χ4v) is 2.80. The van der Waals surface area contributed by atoms with Gasteiger partial charge in [0, 0.05) is 31.3 Å². The van der Waals surface area contributed by atoms with E-state index in [1.54, 1.807) is 14.0 Å². The highest BCUT2D eigenvalue weighted by Crippen LogP contribution is 2.25. The van der Waals surface area contributed by atoms with Crippen LogP contribution in [0.4, 0.5) is 5.69 Å². The van der Waals surface area contributed by atoms with E-state index in [9.17, 15) is 4.79 Å². The molecule has 2 rings (SSSR count). The summed E-state index contributed by atoms with van der Waals surface area (Å²) in [6.45, 7) is 5.32. The molecule has 0 unspecified atom stereocenters. The summed E-state index contributed by atoms with van der Waals surface area (Å²) in [6, 6.07) is 5.78. The first-order valence-corrected chi connectivity index (χ1v) is 7.47. The highest BCUT2D eigenvalue weighted by Gasteiger charge is 2.20. The monoisotopic (exact) mass is 291 g/mol. The van der Waals surface area contributed by atoms with Crippen molar-refractivity contribution in [3.63, 3.8) is 0 Å². The number of amides is 1. The van der Waals surface area contributed by atoms with Crippen LogP contribution in [0.25, 0.3) is 0 Å². The van der Waals surface area contributed by atoms with E-state index in [4.69, 9.17) is 10.5 Å². The van der Waals surface area contributed by atoms with Gasteiger partial charge in [-0.3, -0.25) is 9.69 Å². The van der Waals surface area contributed by atoms with Crippen molar-refractivity contribution >= 4 is 11.6 Å². The minimum absolute atomic E-state index is 0.0573. The Kier molecular flexibility index (Phi) is 5.44. The van der Waals surface area contributed by atoms with Crippen LogP contribution in [0, 0.1) is 5.92 Å². The van der Waals surface area contributed by atoms with E-state index in [0.29, 0.717) is 5.92 Å². The molecule has 0 aliphatic carbocycles. The molecule has 1 saturated heterocycles. The van der Waals surface area contributed by atoms with Crippen LogP contribution in [0.2, 0.25) is 0 Å². The van der Waals surface area contributed by atoms with Crippen LogP contribution >= 0.6 is 0 Å². The second-order valence-electron chi connectivity index (χ2n) is 5.73. The zero-order valence-corrected chi connectivity index (χ0v) is 12.9. The predicted molar refractivity (Wildman–Crippen MR) is 84.1 cm³/mol. The van der Waals surface area contributed by atoms with Gasteiger partial charge >= 0.3 is 0 Å². The third-order valence-electron chi connectivity index (χ3n) is 4.05. The van der Waals surface area contributed by atoms with Crippen molar-refractivity contribution < 1.29 is 9.53 Å². The number of nitrogens with one attached hydrogen (secondary N) is 1. The summed E-state index contributed by atoms with van der Waals surface area (Å²) in [5.41, 5.74) is 7.77. The quantitative estimate of drug-likeness (QED) is 0.809. The first kappa shape index (κ1) is 15.6. The maximum atomic E-state index is 10.9. The molecular weight excluding hydrogens is 266 g/mol. The van der Waals surface area contributed by atoms with Crippen molar-refractivity contribution in [2.24, 2.45) is 5.92 Å². The molecule has 0 bridgehead atoms. The Morgan fingerprint density at radius 1 is 1.43 bits per heavy atom. The average Bonchev–Trinajstić information content (AvgIpc) is 2.47. The average molecular weight is 291 g/mol. The number of nitrogen functional groups attached to an aromatic ring is 1. The van der Waals surface area contributed by atoms with Crippen LogP contribution in [0.1, 0.15) is 25.3 Å². The number of ether oxygens (including phenoxy) is 1. The van der Waals surface area contributed by atoms with Crippen molar-refractivity contribution in [2.75, 3.05) is 32.5 Å². The Labute approximate surface area is 126 Å². The number of rotatable bonds is 5. The highest BCUT2D eigenvalue weighted by atomic mass is 16.5. The number of carbonyl (C=O) groups is 1. The van der Waals surface area contributed by atoms with E-state index >= 15 is 0 Å². The standard InChI is InChI=1S/C16H25N3O2/c1-12(20)18-10-13-5-7-19(8-6-13)11-14-9-15(17)3-4-16(14)21-2/h3-4,9,13H,5-8,10-11,17H2,1-2H3,(H,18,20). The van der Waals surface area contributed by atoms with Gasteiger partial charge in [-0.1, -0.05) is 0 Å². The molecule has 1 heterocycles. The number of piperidine rings is 1. The number of hydrogen-bond acceptors (Lipinski definition) is 4. The molecule has 5 heteroatoms. The third-order valence-corrected chi connectivity index (χ3v) is 4.05. The van der Waals surface area contributed by atoms with E-state index < -0.39 is 0 Å². The molecule has 1 amide bonds. The number of hydrogen-bond donors (Lipinski definition) is 2. The molecule has 1 aliphatic heterocycles. The van der Waals surface area contributed by atoms with E-state index in [2.05, 4.69) is 10.2 Å². The van der Waals surface area contributed by atoms with Gasteiger partial charge in [-0.25, -0.2) is 0 Å². The number of carbonyl (C=O) groups excluding carboxylic acids is 1. The van der Waals surface area contributed by atoms with Gasteiger partial charge in [0.05, 0.1) is 7.11 Å². The van der Waals surface area contributed by atoms with Crippen molar-refractivity contribution in [3.05, 3.63) is 23.8 Å². The predicted octanol–water partition coefficient (Wildman–Crippen LogP) is 1.63. The summed E-state index contributed by atoms with van der Waals surface area (Å²) in [7, 11) is 1.69. The Morgan fingerprint density at radius 2 is 2.14 bits per heavy atom. The SMILES string of the molecule is COc1ccc(N)cc1CN1CCC(CNC(C)=O)CC1. The summed E-state index contributed by atoms with van der Waals surface area (Å²) in [5.74, 6) is 1.54. The summed E-state index contributed by atoms with van der Waals surface area (Å²) in [5, 5.41) is 2.91. The lowest BCUT2D eigenvalue weighted by Crippen LogP contribution is -2.37. The topological polar surface area (TPSA) is 67.6 Å². The maximum absolute atomic E-state index is 10.9. The minimum Gasteiger partial charge on any atom is -0.496 e. The number of anilines is 1. The van der Waals surface area contributed by atoms with Crippen molar-refractivity contribution in [1.29, 1.82) is 0 Å². The lowest BCUT2D eigenvalue weighted by molar-refractivity contribution is -0.119. The van der Waals surface area contributed by atoms with E-state index in [1.165, 1.54) is 0 Å². The molecule has 0 spiro atoms. The smallest absolute Gasteiger partial charge is 0.216 e. The summed E-state index contributed by atoms with van der Waals surface area (Å²) in [6.07, 6.45) is 2.23. The summed E-state index contributed by atoms with van der Waals surface area (Å²) in [4.78, 5) is 13.4. The van der Waals surface area contributed by atoms with Crippen LogP contribution < -0.4 is 15.8 Å². The second-order valence-corrected chi connectivity index (χ2v) is 5.73. The maximum Gasteiger partial charge on any atom is 0.216 e. The molecule has 5 nitrogen and oxygen atoms in total. The fraction of sp³-hybridized carbons (Fsp3) is 0.562. The Hall–Kier alpha value is -1.75. The van der Waals surface area contributed by atoms with Crippen LogP contribution in [0.15, 0.2) is 18.2 Å². The van der Waals surface area contributed by atoms with Gasteiger partial charge in [0.25, 0.3) is 0 Å². The molecule has 0 atom stereocenters. The largest absolute Gasteiger partial charge is 0.496 e. The fourth-order valence-electron chi connectivity index (χ4n) is 2.80. The first-order chi connectivity index (χ1) is 10.1. The lowest BCUT2D eigenvalue weighted by atomic mass is 9.96. The molecule has 21 heavy (non-hydrogen) atoms. The van der Waals surface area contributed by atoms with Gasteiger partial charge in [0.1, 0.15) is 5.75 Å². The van der Waals surface area contributed by atoms with Gasteiger partial charge in [0.2, 0.25) is 5.91 Å². The summed E-state index contributed by atoms with van der Waals surface area (Å²) < 4.78 is 5.40. The van der Waals surface area contributed by atoms with Crippen LogP contribution in [0.3, 0.4) is 0 Å². The molecule has 116 valence electrons. The van der Waals surface area contributed by atoms with Gasteiger partial charge in [-0.2, -0.15) is 0 Å². The number of methoxy groups -OCH3 is 1. The van der Waals surface area contributed by atoms with Gasteiger partial charge in [0.15, 0.2) is 0 Å². The summed E-state index contributed by atoms with van der Waals surface area (Å²) >= 11 is 0. The third kappa shape index (κ3) is 4.63. The molecule has 1 aromatic rings. The van der Waals surface area contributed by atoms with Crippen molar-refractivity contribution in [1.82, 2.24) is 10.2 Å². The lowest BCUT2D eigenvalue weighted by Gasteiger charge is -2.32. The van der Waals surface area contributed by atoms with Crippen LogP contribution in [-0.4, -0.2) is 37.6 Å². The zero-order chi connectivity index (χ0) is 15.2. The molecule has 0 radical (unpaired) electrons. The van der Waals surface area contributed by atoms with Crippen molar-refractivity contribution in [2.45, 2.75) is 26.3 Å². The van der Waals surface area contributed by atoms with Gasteiger partial charge in [-0.05, 0) is 50.0 Å². The number of nitrogens with zero attached hydrogens (tertiary/aromatic N) is 1. The zero-order valence-electron chi connectivity index (χ0n) is 12.9. The number of likely N-dealkylation sites (tertiary alicyclic amines) is 1. The minimum atomic E-state index is 0.0573. The molecule has 1 fully saturated rings. The molecular formula is C16H25N3O2. The molecule has 0 saturated carbocycles. The Morgan fingerprint density at radius 3 is 2.76 bits per heavy atom. The molecule has 1 aromatic carbocycles. The number of nitrogens with two attached hydrogens (primary N) is 1. The van der Waals surface area contributed by atoms with Crippen LogP contribution in [0.5, 0.6) is 5.75 Å². The molecule has 0 aromatic heterocycles. The van der Waals surface area contributed by atoms with Gasteiger partial charge in [-0.15, -0.1) is 0 Å². The van der Waals surface area contributed by atoms with Gasteiger partial charge < -0.3 is 15.8 Å². The Bertz CT molecular complexity index is 482. The van der Waals surface area contributed by atoms with E-state index in [0.717, 1.165) is 56.0 Å². The first-order valence-electron chi connectivity index (χ1n) is 7.47. The normalized spacial score (nSPS) is 16.7. The molecule has 3 N–H and O–H groups in total. The van der Waals surface area contributed by atoms with E-state index in [1.807, 2.05) is 18.2 Å². The molecule has 1 aliphatic rings. The number of benzene rings is 1. The Balaban J connectivity index is 1.86. The second kappa shape index (κ2) is 7.31. The van der Waals surface area contributed by atoms with E-state index in [-0.39, 0.29) is 5.91 Å². The van der Waals surface area contributed by atoms with Crippen molar-refractivity contribution in [3.8, 4) is 5.75 Å².